The largest absolute Gasteiger partial charge is 0.325 e. The molecule has 1 amide bonds. The molecule has 26 heavy (non-hydrogen) atoms. The second-order valence-corrected chi connectivity index (χ2v) is 9.20. The van der Waals surface area contributed by atoms with Crippen molar-refractivity contribution in [1.29, 1.82) is 0 Å². The van der Waals surface area contributed by atoms with Gasteiger partial charge in [-0.15, -0.1) is 0 Å². The van der Waals surface area contributed by atoms with E-state index in [1.54, 1.807) is 25.1 Å². The fraction of sp³-hybridized carbons (Fsp3) is 0.350. The molecule has 5 nitrogen and oxygen atoms in total. The molecule has 0 aliphatic heterocycles. The summed E-state index contributed by atoms with van der Waals surface area (Å²) < 4.78 is 27.1. The molecule has 0 aliphatic carbocycles. The number of amides is 1. The molecule has 0 bridgehead atoms. The van der Waals surface area contributed by atoms with Gasteiger partial charge < -0.3 is 5.32 Å². The molecule has 6 heteroatoms. The van der Waals surface area contributed by atoms with Gasteiger partial charge in [0.05, 0.1) is 11.4 Å². The van der Waals surface area contributed by atoms with E-state index in [4.69, 9.17) is 0 Å². The van der Waals surface area contributed by atoms with Crippen molar-refractivity contribution in [2.45, 2.75) is 44.9 Å². The molecule has 0 spiro atoms. The third kappa shape index (κ3) is 5.16. The maximum atomic E-state index is 12.4. The Hall–Kier alpha value is -2.18. The molecule has 0 saturated heterocycles. The molecule has 0 atom stereocenters. The van der Waals surface area contributed by atoms with Crippen molar-refractivity contribution < 1.29 is 13.2 Å². The number of anilines is 1. The van der Waals surface area contributed by atoms with Crippen molar-refractivity contribution in [3.05, 3.63) is 59.2 Å². The number of carbonyl (C=O) groups excluding carboxylic acids is 1. The summed E-state index contributed by atoms with van der Waals surface area (Å²) in [6.07, 6.45) is 0. The minimum atomic E-state index is -3.73. The van der Waals surface area contributed by atoms with Crippen LogP contribution in [-0.2, 0) is 20.2 Å². The Labute approximate surface area is 155 Å². The van der Waals surface area contributed by atoms with E-state index in [1.807, 2.05) is 31.2 Å². The molecule has 2 rings (SSSR count). The third-order valence-corrected chi connectivity index (χ3v) is 5.64. The van der Waals surface area contributed by atoms with Gasteiger partial charge in [0.15, 0.2) is 0 Å². The number of sulfonamides is 1. The highest BCUT2D eigenvalue weighted by Crippen LogP contribution is 2.23. The van der Waals surface area contributed by atoms with Gasteiger partial charge in [0.2, 0.25) is 15.9 Å². The fourth-order valence-corrected chi connectivity index (χ4v) is 3.80. The standard InChI is InChI=1S/C20H26N2O3S/c1-14-6-11-18(15(2)12-14)26(24,25)21-13-19(23)22-17-9-7-16(8-10-17)20(3,4)5/h6-12,21H,13H2,1-5H3,(H,22,23). The van der Waals surface area contributed by atoms with E-state index in [9.17, 15) is 13.2 Å². The number of hydrogen-bond acceptors (Lipinski definition) is 3. The average Bonchev–Trinajstić information content (AvgIpc) is 2.52. The van der Waals surface area contributed by atoms with E-state index < -0.39 is 15.9 Å². The average molecular weight is 375 g/mol. The summed E-state index contributed by atoms with van der Waals surface area (Å²) in [7, 11) is -3.73. The molecule has 0 radical (unpaired) electrons. The summed E-state index contributed by atoms with van der Waals surface area (Å²) in [6, 6.07) is 12.6. The van der Waals surface area contributed by atoms with Gasteiger partial charge in [-0.2, -0.15) is 0 Å². The highest BCUT2D eigenvalue weighted by atomic mass is 32.2. The molecule has 2 aromatic carbocycles. The zero-order chi connectivity index (χ0) is 19.5. The highest BCUT2D eigenvalue weighted by molar-refractivity contribution is 7.89. The summed E-state index contributed by atoms with van der Waals surface area (Å²) in [5.41, 5.74) is 3.46. The Bertz CT molecular complexity index is 896. The van der Waals surface area contributed by atoms with E-state index in [-0.39, 0.29) is 16.9 Å². The molecule has 0 heterocycles. The maximum absolute atomic E-state index is 12.4. The first-order chi connectivity index (χ1) is 12.0. The summed E-state index contributed by atoms with van der Waals surface area (Å²) in [4.78, 5) is 12.3. The van der Waals surface area contributed by atoms with E-state index in [0.29, 0.717) is 11.3 Å². The fourth-order valence-electron chi connectivity index (χ4n) is 2.60. The van der Waals surface area contributed by atoms with Crippen LogP contribution < -0.4 is 10.0 Å². The Kier molecular flexibility index (Phi) is 5.88. The molecule has 2 N–H and O–H groups in total. The first-order valence-corrected chi connectivity index (χ1v) is 9.95. The van der Waals surface area contributed by atoms with E-state index in [0.717, 1.165) is 11.1 Å². The SMILES string of the molecule is Cc1ccc(S(=O)(=O)NCC(=O)Nc2ccc(C(C)(C)C)cc2)c(C)c1. The first kappa shape index (κ1) is 20.1. The van der Waals surface area contributed by atoms with Crippen molar-refractivity contribution in [2.24, 2.45) is 0 Å². The van der Waals surface area contributed by atoms with Crippen LogP contribution in [0.4, 0.5) is 5.69 Å². The van der Waals surface area contributed by atoms with Crippen LogP contribution in [0.2, 0.25) is 0 Å². The van der Waals surface area contributed by atoms with E-state index >= 15 is 0 Å². The van der Waals surface area contributed by atoms with Crippen LogP contribution in [0.1, 0.15) is 37.5 Å². The van der Waals surface area contributed by atoms with Gasteiger partial charge in [0, 0.05) is 5.69 Å². The van der Waals surface area contributed by atoms with Crippen molar-refractivity contribution >= 4 is 21.6 Å². The highest BCUT2D eigenvalue weighted by Gasteiger charge is 2.18. The van der Waals surface area contributed by atoms with Gasteiger partial charge in [-0.1, -0.05) is 50.6 Å². The third-order valence-electron chi connectivity index (χ3n) is 4.08. The number of hydrogen-bond donors (Lipinski definition) is 2. The lowest BCUT2D eigenvalue weighted by Crippen LogP contribution is -2.33. The van der Waals surface area contributed by atoms with E-state index in [1.165, 1.54) is 0 Å². The summed E-state index contributed by atoms with van der Waals surface area (Å²) in [5.74, 6) is -0.415. The van der Waals surface area contributed by atoms with Crippen molar-refractivity contribution in [2.75, 3.05) is 11.9 Å². The Morgan fingerprint density at radius 1 is 1.00 bits per heavy atom. The zero-order valence-corrected chi connectivity index (χ0v) is 16.7. The second-order valence-electron chi connectivity index (χ2n) is 7.47. The zero-order valence-electron chi connectivity index (χ0n) is 15.9. The van der Waals surface area contributed by atoms with Crippen LogP contribution in [0.3, 0.4) is 0 Å². The minimum absolute atomic E-state index is 0.0318. The van der Waals surface area contributed by atoms with Crippen LogP contribution in [0.25, 0.3) is 0 Å². The molecular formula is C20H26N2O3S. The van der Waals surface area contributed by atoms with Crippen LogP contribution in [0.5, 0.6) is 0 Å². The molecule has 0 aromatic heterocycles. The molecule has 0 unspecified atom stereocenters. The molecule has 2 aromatic rings. The molecule has 0 saturated carbocycles. The maximum Gasteiger partial charge on any atom is 0.241 e. The monoisotopic (exact) mass is 374 g/mol. The van der Waals surface area contributed by atoms with Gasteiger partial charge in [0.1, 0.15) is 0 Å². The van der Waals surface area contributed by atoms with Crippen molar-refractivity contribution in [1.82, 2.24) is 4.72 Å². The van der Waals surface area contributed by atoms with Crippen LogP contribution in [0.15, 0.2) is 47.4 Å². The topological polar surface area (TPSA) is 75.3 Å². The smallest absolute Gasteiger partial charge is 0.241 e. The van der Waals surface area contributed by atoms with Gasteiger partial charge in [-0.3, -0.25) is 4.79 Å². The predicted molar refractivity (Wildman–Crippen MR) is 105 cm³/mol. The minimum Gasteiger partial charge on any atom is -0.325 e. The van der Waals surface area contributed by atoms with Gasteiger partial charge in [-0.05, 0) is 48.6 Å². The quantitative estimate of drug-likeness (QED) is 0.841. The lowest BCUT2D eigenvalue weighted by Gasteiger charge is -2.19. The number of rotatable bonds is 5. The normalized spacial score (nSPS) is 12.0. The first-order valence-electron chi connectivity index (χ1n) is 8.46. The van der Waals surface area contributed by atoms with Crippen LogP contribution in [-0.4, -0.2) is 20.9 Å². The van der Waals surface area contributed by atoms with Gasteiger partial charge >= 0.3 is 0 Å². The Morgan fingerprint density at radius 2 is 1.62 bits per heavy atom. The lowest BCUT2D eigenvalue weighted by atomic mass is 9.87. The van der Waals surface area contributed by atoms with Crippen LogP contribution in [0, 0.1) is 13.8 Å². The van der Waals surface area contributed by atoms with Gasteiger partial charge in [-0.25, -0.2) is 13.1 Å². The lowest BCUT2D eigenvalue weighted by molar-refractivity contribution is -0.115. The second kappa shape index (κ2) is 7.60. The Balaban J connectivity index is 2.00. The number of carbonyl (C=O) groups is 1. The molecule has 0 fully saturated rings. The Morgan fingerprint density at radius 3 is 2.15 bits per heavy atom. The summed E-state index contributed by atoms with van der Waals surface area (Å²) in [5, 5.41) is 2.70. The van der Waals surface area contributed by atoms with Crippen molar-refractivity contribution in [3.8, 4) is 0 Å². The number of aryl methyl sites for hydroxylation is 2. The molecule has 140 valence electrons. The summed E-state index contributed by atoms with van der Waals surface area (Å²) in [6.45, 7) is 9.65. The molecular weight excluding hydrogens is 348 g/mol. The number of nitrogens with one attached hydrogen (secondary N) is 2. The van der Waals surface area contributed by atoms with Crippen LogP contribution >= 0.6 is 0 Å². The van der Waals surface area contributed by atoms with Crippen molar-refractivity contribution in [3.63, 3.8) is 0 Å². The van der Waals surface area contributed by atoms with Gasteiger partial charge in [0.25, 0.3) is 0 Å². The summed E-state index contributed by atoms with van der Waals surface area (Å²) >= 11 is 0. The number of benzene rings is 2. The molecule has 0 aliphatic rings. The van der Waals surface area contributed by atoms with E-state index in [2.05, 4.69) is 30.8 Å². The predicted octanol–water partition coefficient (Wildman–Crippen LogP) is 3.52.